The number of carbonyl (C=O) groups is 1. The molecule has 5 heteroatoms. The molecular weight excluding hydrogens is 278 g/mol. The quantitative estimate of drug-likeness (QED) is 0.926. The van der Waals surface area contributed by atoms with Gasteiger partial charge in [0, 0.05) is 16.9 Å². The van der Waals surface area contributed by atoms with Crippen molar-refractivity contribution in [1.29, 1.82) is 0 Å². The van der Waals surface area contributed by atoms with E-state index in [0.717, 1.165) is 9.47 Å². The van der Waals surface area contributed by atoms with Crippen LogP contribution in [0.2, 0.25) is 0 Å². The maximum Gasteiger partial charge on any atom is 0.232 e. The van der Waals surface area contributed by atoms with E-state index in [1.165, 1.54) is 11.3 Å². The SMILES string of the molecule is CCC(CO)C(=O)N(C)c1cc(Br)cs1. The van der Waals surface area contributed by atoms with Crippen LogP contribution in [0.3, 0.4) is 0 Å². The van der Waals surface area contributed by atoms with Gasteiger partial charge in [0.05, 0.1) is 17.5 Å². The lowest BCUT2D eigenvalue weighted by molar-refractivity contribution is -0.123. The minimum Gasteiger partial charge on any atom is -0.396 e. The summed E-state index contributed by atoms with van der Waals surface area (Å²) in [7, 11) is 1.74. The van der Waals surface area contributed by atoms with Crippen molar-refractivity contribution in [3.05, 3.63) is 15.9 Å². The number of aliphatic hydroxyl groups excluding tert-OH is 1. The fraction of sp³-hybridized carbons (Fsp3) is 0.500. The van der Waals surface area contributed by atoms with E-state index in [0.29, 0.717) is 6.42 Å². The maximum atomic E-state index is 11.9. The molecule has 0 fully saturated rings. The summed E-state index contributed by atoms with van der Waals surface area (Å²) in [6.45, 7) is 1.81. The fourth-order valence-corrected chi connectivity index (χ4v) is 2.64. The van der Waals surface area contributed by atoms with Gasteiger partial charge < -0.3 is 10.0 Å². The molecule has 1 atom stereocenters. The number of thiophene rings is 1. The molecule has 0 saturated carbocycles. The topological polar surface area (TPSA) is 40.5 Å². The van der Waals surface area contributed by atoms with E-state index >= 15 is 0 Å². The Morgan fingerprint density at radius 2 is 2.40 bits per heavy atom. The van der Waals surface area contributed by atoms with Crippen LogP contribution in [0.25, 0.3) is 0 Å². The highest BCUT2D eigenvalue weighted by atomic mass is 79.9. The third-order valence-corrected chi connectivity index (χ3v) is 4.04. The molecular formula is C10H14BrNO2S. The van der Waals surface area contributed by atoms with Gasteiger partial charge >= 0.3 is 0 Å². The van der Waals surface area contributed by atoms with E-state index < -0.39 is 0 Å². The molecule has 0 aliphatic carbocycles. The van der Waals surface area contributed by atoms with Crippen molar-refractivity contribution in [2.45, 2.75) is 13.3 Å². The van der Waals surface area contributed by atoms with Gasteiger partial charge in [-0.25, -0.2) is 0 Å². The fourth-order valence-electron chi connectivity index (χ4n) is 1.24. The zero-order valence-electron chi connectivity index (χ0n) is 8.74. The summed E-state index contributed by atoms with van der Waals surface area (Å²) in [4.78, 5) is 13.5. The van der Waals surface area contributed by atoms with Crippen LogP contribution in [0.1, 0.15) is 13.3 Å². The highest BCUT2D eigenvalue weighted by Gasteiger charge is 2.21. The molecule has 0 bridgehead atoms. The Labute approximate surface area is 102 Å². The molecule has 1 heterocycles. The summed E-state index contributed by atoms with van der Waals surface area (Å²) in [5, 5.41) is 11.9. The second-order valence-corrected chi connectivity index (χ2v) is 5.09. The first-order chi connectivity index (χ1) is 7.10. The van der Waals surface area contributed by atoms with Crippen LogP contribution < -0.4 is 4.90 Å². The zero-order chi connectivity index (χ0) is 11.4. The van der Waals surface area contributed by atoms with Crippen LogP contribution >= 0.6 is 27.3 Å². The van der Waals surface area contributed by atoms with E-state index in [9.17, 15) is 4.79 Å². The highest BCUT2D eigenvalue weighted by Crippen LogP contribution is 2.28. The number of carbonyl (C=O) groups excluding carboxylic acids is 1. The lowest BCUT2D eigenvalue weighted by atomic mass is 10.1. The van der Waals surface area contributed by atoms with Crippen LogP contribution in [0.15, 0.2) is 15.9 Å². The summed E-state index contributed by atoms with van der Waals surface area (Å²) in [5.41, 5.74) is 0. The first-order valence-electron chi connectivity index (χ1n) is 4.72. The number of amides is 1. The first-order valence-corrected chi connectivity index (χ1v) is 6.39. The summed E-state index contributed by atoms with van der Waals surface area (Å²) in [6.07, 6.45) is 0.659. The van der Waals surface area contributed by atoms with Crippen molar-refractivity contribution in [2.24, 2.45) is 5.92 Å². The van der Waals surface area contributed by atoms with Gasteiger partial charge in [0.15, 0.2) is 0 Å². The normalized spacial score (nSPS) is 12.5. The Morgan fingerprint density at radius 1 is 1.73 bits per heavy atom. The molecule has 84 valence electrons. The maximum absolute atomic E-state index is 11.9. The van der Waals surface area contributed by atoms with Crippen molar-refractivity contribution in [2.75, 3.05) is 18.6 Å². The predicted molar refractivity (Wildman–Crippen MR) is 66.3 cm³/mol. The Balaban J connectivity index is 2.76. The highest BCUT2D eigenvalue weighted by molar-refractivity contribution is 9.10. The van der Waals surface area contributed by atoms with Gasteiger partial charge in [-0.3, -0.25) is 4.79 Å². The van der Waals surface area contributed by atoms with E-state index in [4.69, 9.17) is 5.11 Å². The number of aliphatic hydroxyl groups is 1. The van der Waals surface area contributed by atoms with E-state index in [-0.39, 0.29) is 18.4 Å². The second-order valence-electron chi connectivity index (χ2n) is 3.29. The Bertz CT molecular complexity index is 336. The standard InChI is InChI=1S/C10H14BrNO2S/c1-3-7(5-13)10(14)12(2)9-4-8(11)6-15-9/h4,6-7,13H,3,5H2,1-2H3. The van der Waals surface area contributed by atoms with Gasteiger partial charge in [-0.1, -0.05) is 6.92 Å². The number of rotatable bonds is 4. The van der Waals surface area contributed by atoms with Crippen LogP contribution in [0.4, 0.5) is 5.00 Å². The summed E-state index contributed by atoms with van der Waals surface area (Å²) >= 11 is 4.84. The lowest BCUT2D eigenvalue weighted by Gasteiger charge is -2.20. The molecule has 0 radical (unpaired) electrons. The predicted octanol–water partition coefficient (Wildman–Crippen LogP) is 2.49. The molecule has 15 heavy (non-hydrogen) atoms. The van der Waals surface area contributed by atoms with Gasteiger partial charge in [0.1, 0.15) is 0 Å². The van der Waals surface area contributed by atoms with Gasteiger partial charge in [-0.15, -0.1) is 11.3 Å². The van der Waals surface area contributed by atoms with Gasteiger partial charge in [0.2, 0.25) is 5.91 Å². The Hall–Kier alpha value is -0.390. The molecule has 3 nitrogen and oxygen atoms in total. The average molecular weight is 292 g/mol. The van der Waals surface area contributed by atoms with E-state index in [1.807, 2.05) is 18.4 Å². The first kappa shape index (κ1) is 12.7. The summed E-state index contributed by atoms with van der Waals surface area (Å²) < 4.78 is 0.971. The molecule has 1 aromatic heterocycles. The second kappa shape index (κ2) is 5.63. The largest absolute Gasteiger partial charge is 0.396 e. The van der Waals surface area contributed by atoms with Gasteiger partial charge in [-0.05, 0) is 28.4 Å². The third-order valence-electron chi connectivity index (χ3n) is 2.28. The molecule has 1 amide bonds. The molecule has 1 rings (SSSR count). The van der Waals surface area contributed by atoms with Crippen molar-refractivity contribution >= 4 is 38.2 Å². The van der Waals surface area contributed by atoms with E-state index in [2.05, 4.69) is 15.9 Å². The molecule has 0 saturated heterocycles. The molecule has 1 aromatic rings. The Morgan fingerprint density at radius 3 is 2.80 bits per heavy atom. The minimum absolute atomic E-state index is 0.0330. The van der Waals surface area contributed by atoms with Crippen molar-refractivity contribution < 1.29 is 9.90 Å². The average Bonchev–Trinajstić information content (AvgIpc) is 2.65. The third kappa shape index (κ3) is 3.03. The van der Waals surface area contributed by atoms with Crippen LogP contribution in [0.5, 0.6) is 0 Å². The van der Waals surface area contributed by atoms with Crippen LogP contribution in [0, 0.1) is 5.92 Å². The van der Waals surface area contributed by atoms with Crippen LogP contribution in [-0.2, 0) is 4.79 Å². The van der Waals surface area contributed by atoms with Crippen molar-refractivity contribution in [1.82, 2.24) is 0 Å². The zero-order valence-corrected chi connectivity index (χ0v) is 11.1. The summed E-state index contributed by atoms with van der Waals surface area (Å²) in [5.74, 6) is -0.328. The minimum atomic E-state index is -0.295. The van der Waals surface area contributed by atoms with Crippen molar-refractivity contribution in [3.8, 4) is 0 Å². The number of anilines is 1. The molecule has 1 unspecified atom stereocenters. The monoisotopic (exact) mass is 291 g/mol. The van der Waals surface area contributed by atoms with Gasteiger partial charge in [-0.2, -0.15) is 0 Å². The number of hydrogen-bond donors (Lipinski definition) is 1. The van der Waals surface area contributed by atoms with Gasteiger partial charge in [0.25, 0.3) is 0 Å². The number of halogens is 1. The number of nitrogens with zero attached hydrogens (tertiary/aromatic N) is 1. The van der Waals surface area contributed by atoms with Crippen LogP contribution in [-0.4, -0.2) is 24.7 Å². The number of hydrogen-bond acceptors (Lipinski definition) is 3. The molecule has 0 aliphatic rings. The Kier molecular flexibility index (Phi) is 4.76. The molecule has 0 aromatic carbocycles. The summed E-state index contributed by atoms with van der Waals surface area (Å²) in [6, 6.07) is 1.90. The molecule has 0 aliphatic heterocycles. The van der Waals surface area contributed by atoms with E-state index in [1.54, 1.807) is 11.9 Å². The molecule has 1 N–H and O–H groups in total. The molecule has 0 spiro atoms. The smallest absolute Gasteiger partial charge is 0.232 e. The van der Waals surface area contributed by atoms with Crippen molar-refractivity contribution in [3.63, 3.8) is 0 Å². The lowest BCUT2D eigenvalue weighted by Crippen LogP contribution is -2.33.